The number of rotatable bonds is 10. The van der Waals surface area contributed by atoms with Crippen LogP contribution in [0, 0.1) is 11.2 Å². The van der Waals surface area contributed by atoms with E-state index in [1.54, 1.807) is 41.9 Å². The van der Waals surface area contributed by atoms with Gasteiger partial charge in [0.2, 0.25) is 0 Å². The molecular weight excluding hydrogens is 513 g/mol. The van der Waals surface area contributed by atoms with Crippen molar-refractivity contribution in [2.45, 2.75) is 44.6 Å². The van der Waals surface area contributed by atoms with Crippen molar-refractivity contribution in [2.75, 3.05) is 0 Å². The fourth-order valence-electron chi connectivity index (χ4n) is 4.87. The van der Waals surface area contributed by atoms with E-state index in [1.807, 2.05) is 18.2 Å². The zero-order valence-electron chi connectivity index (χ0n) is 21.8. The molecule has 0 radical (unpaired) electrons. The Morgan fingerprint density at radius 1 is 1.10 bits per heavy atom. The lowest BCUT2D eigenvalue weighted by Gasteiger charge is -2.23. The summed E-state index contributed by atoms with van der Waals surface area (Å²) < 4.78 is 16.8. The molecular formula is C30H28FN5O4. The lowest BCUT2D eigenvalue weighted by atomic mass is 9.93. The first-order valence-electron chi connectivity index (χ1n) is 12.9. The Balaban J connectivity index is 1.50. The van der Waals surface area contributed by atoms with Crippen molar-refractivity contribution in [3.8, 4) is 5.69 Å². The van der Waals surface area contributed by atoms with Gasteiger partial charge in [-0.15, -0.1) is 0 Å². The standard InChI is InChI=1S/C30H28FN5O4/c1-30(40,29-33-18-22-6-4-5-15-35(22)29)17-24(32)19-9-14-23-25(16-19)34-26(7-2-3-8-27(37)38)36(28(23)39)21-12-10-20(31)11-13-21/h4-6,9-16,18,32,40H,2-3,7-8,17H2,1H3,(H,37,38). The van der Waals surface area contributed by atoms with Crippen LogP contribution >= 0.6 is 0 Å². The van der Waals surface area contributed by atoms with Gasteiger partial charge in [0.05, 0.1) is 28.3 Å². The normalized spacial score (nSPS) is 13.0. The number of imidazole rings is 1. The minimum Gasteiger partial charge on any atom is -0.481 e. The van der Waals surface area contributed by atoms with Crippen molar-refractivity contribution < 1.29 is 19.4 Å². The summed E-state index contributed by atoms with van der Waals surface area (Å²) in [5.74, 6) is -0.507. The quantitative estimate of drug-likeness (QED) is 0.174. The second-order valence-corrected chi connectivity index (χ2v) is 9.98. The number of pyridine rings is 1. The molecule has 10 heteroatoms. The van der Waals surface area contributed by atoms with Gasteiger partial charge in [-0.3, -0.25) is 14.2 Å². The van der Waals surface area contributed by atoms with Crippen LogP contribution in [0.2, 0.25) is 0 Å². The highest BCUT2D eigenvalue weighted by atomic mass is 19.1. The number of hydrogen-bond acceptors (Lipinski definition) is 6. The SMILES string of the molecule is CC(O)(CC(=N)c1ccc2c(=O)n(-c3ccc(F)cc3)c(CCCCC(=O)O)nc2c1)c1ncc2ccccn12. The number of aliphatic carboxylic acids is 1. The minimum absolute atomic E-state index is 0.00140. The van der Waals surface area contributed by atoms with Crippen LogP contribution in [-0.4, -0.2) is 40.8 Å². The Labute approximate surface area is 228 Å². The number of carbonyl (C=O) groups is 1. The van der Waals surface area contributed by atoms with Gasteiger partial charge in [0.1, 0.15) is 23.1 Å². The van der Waals surface area contributed by atoms with Crippen molar-refractivity contribution >= 4 is 28.1 Å². The molecule has 5 aromatic rings. The summed E-state index contributed by atoms with van der Waals surface area (Å²) in [6.45, 7) is 1.61. The second-order valence-electron chi connectivity index (χ2n) is 9.98. The number of aromatic nitrogens is 4. The van der Waals surface area contributed by atoms with E-state index >= 15 is 0 Å². The van der Waals surface area contributed by atoms with Gasteiger partial charge in [-0.1, -0.05) is 12.1 Å². The van der Waals surface area contributed by atoms with E-state index in [1.165, 1.54) is 28.8 Å². The molecule has 204 valence electrons. The molecule has 3 N–H and O–H groups in total. The Hall–Kier alpha value is -4.70. The Bertz CT molecular complexity index is 1790. The van der Waals surface area contributed by atoms with E-state index < -0.39 is 17.4 Å². The molecule has 40 heavy (non-hydrogen) atoms. The lowest BCUT2D eigenvalue weighted by molar-refractivity contribution is -0.137. The number of unbranched alkanes of at least 4 members (excludes halogenated alkanes) is 1. The van der Waals surface area contributed by atoms with Crippen LogP contribution in [0.4, 0.5) is 4.39 Å². The largest absolute Gasteiger partial charge is 0.481 e. The molecule has 0 saturated heterocycles. The predicted octanol–water partition coefficient (Wildman–Crippen LogP) is 4.64. The summed E-state index contributed by atoms with van der Waals surface area (Å²) in [6, 6.07) is 16.0. The van der Waals surface area contributed by atoms with Crippen LogP contribution in [0.1, 0.15) is 49.8 Å². The molecule has 0 aliphatic carbocycles. The zero-order valence-corrected chi connectivity index (χ0v) is 21.8. The van der Waals surface area contributed by atoms with Crippen LogP contribution in [0.3, 0.4) is 0 Å². The first kappa shape index (κ1) is 26.9. The number of nitrogens with one attached hydrogen (secondary N) is 1. The maximum Gasteiger partial charge on any atom is 0.303 e. The van der Waals surface area contributed by atoms with E-state index in [0.29, 0.717) is 53.1 Å². The lowest BCUT2D eigenvalue weighted by Crippen LogP contribution is -2.28. The molecule has 3 heterocycles. The van der Waals surface area contributed by atoms with Crippen molar-refractivity contribution in [2.24, 2.45) is 0 Å². The molecule has 2 aromatic carbocycles. The summed E-state index contributed by atoms with van der Waals surface area (Å²) in [4.78, 5) is 33.7. The van der Waals surface area contributed by atoms with E-state index in [-0.39, 0.29) is 24.1 Å². The van der Waals surface area contributed by atoms with Crippen molar-refractivity contribution in [3.05, 3.63) is 106 Å². The molecule has 3 aromatic heterocycles. The molecule has 9 nitrogen and oxygen atoms in total. The van der Waals surface area contributed by atoms with Gasteiger partial charge in [0, 0.05) is 31.2 Å². The van der Waals surface area contributed by atoms with E-state index in [4.69, 9.17) is 15.5 Å². The van der Waals surface area contributed by atoms with Crippen molar-refractivity contribution in [1.29, 1.82) is 5.41 Å². The van der Waals surface area contributed by atoms with Gasteiger partial charge in [0.25, 0.3) is 5.56 Å². The molecule has 0 bridgehead atoms. The highest BCUT2D eigenvalue weighted by Gasteiger charge is 2.30. The van der Waals surface area contributed by atoms with Gasteiger partial charge in [0.15, 0.2) is 0 Å². The molecule has 1 unspecified atom stereocenters. The fourth-order valence-corrected chi connectivity index (χ4v) is 4.87. The number of benzene rings is 2. The van der Waals surface area contributed by atoms with Gasteiger partial charge in [-0.25, -0.2) is 14.4 Å². The van der Waals surface area contributed by atoms with E-state index in [9.17, 15) is 19.1 Å². The Morgan fingerprint density at radius 3 is 2.62 bits per heavy atom. The smallest absolute Gasteiger partial charge is 0.303 e. The van der Waals surface area contributed by atoms with Crippen LogP contribution < -0.4 is 5.56 Å². The highest BCUT2D eigenvalue weighted by Crippen LogP contribution is 2.27. The average molecular weight is 542 g/mol. The summed E-state index contributed by atoms with van der Waals surface area (Å²) in [6.07, 6.45) is 4.68. The van der Waals surface area contributed by atoms with Crippen molar-refractivity contribution in [3.63, 3.8) is 0 Å². The number of fused-ring (bicyclic) bond motifs is 2. The third-order valence-electron chi connectivity index (χ3n) is 6.85. The number of aryl methyl sites for hydroxylation is 1. The first-order valence-corrected chi connectivity index (χ1v) is 12.9. The summed E-state index contributed by atoms with van der Waals surface area (Å²) >= 11 is 0. The number of halogens is 1. The molecule has 0 aliphatic heterocycles. The predicted molar refractivity (Wildman–Crippen MR) is 149 cm³/mol. The van der Waals surface area contributed by atoms with Gasteiger partial charge < -0.3 is 20.0 Å². The summed E-state index contributed by atoms with van der Waals surface area (Å²) in [5, 5.41) is 29.3. The second kappa shape index (κ2) is 10.8. The van der Waals surface area contributed by atoms with Gasteiger partial charge in [-0.2, -0.15) is 0 Å². The third kappa shape index (κ3) is 5.39. The highest BCUT2D eigenvalue weighted by molar-refractivity contribution is 6.01. The summed E-state index contributed by atoms with van der Waals surface area (Å²) in [5.41, 5.74) is 0.517. The Kier molecular flexibility index (Phi) is 7.27. The fraction of sp³-hybridized carbons (Fsp3) is 0.233. The zero-order chi connectivity index (χ0) is 28.4. The molecule has 1 atom stereocenters. The number of carboxylic acid groups (broad SMARTS) is 1. The molecule has 0 aliphatic rings. The Morgan fingerprint density at radius 2 is 1.88 bits per heavy atom. The van der Waals surface area contributed by atoms with Crippen LogP contribution in [0.25, 0.3) is 22.1 Å². The number of carboxylic acids is 1. The molecule has 0 spiro atoms. The van der Waals surface area contributed by atoms with Gasteiger partial charge in [-0.05, 0) is 73.9 Å². The van der Waals surface area contributed by atoms with Crippen LogP contribution in [0.15, 0.2) is 77.9 Å². The minimum atomic E-state index is -1.44. The first-order chi connectivity index (χ1) is 19.1. The van der Waals surface area contributed by atoms with Gasteiger partial charge >= 0.3 is 5.97 Å². The average Bonchev–Trinajstić information content (AvgIpc) is 3.37. The third-order valence-corrected chi connectivity index (χ3v) is 6.85. The number of nitrogens with zero attached hydrogens (tertiary/aromatic N) is 4. The molecule has 0 amide bonds. The topological polar surface area (TPSA) is 134 Å². The maximum atomic E-state index is 13.6. The molecule has 0 saturated carbocycles. The van der Waals surface area contributed by atoms with E-state index in [0.717, 1.165) is 5.52 Å². The molecule has 5 rings (SSSR count). The monoisotopic (exact) mass is 541 g/mol. The van der Waals surface area contributed by atoms with Crippen LogP contribution in [-0.2, 0) is 16.8 Å². The van der Waals surface area contributed by atoms with Crippen LogP contribution in [0.5, 0.6) is 0 Å². The number of hydrogen-bond donors (Lipinski definition) is 3. The molecule has 0 fully saturated rings. The summed E-state index contributed by atoms with van der Waals surface area (Å²) in [7, 11) is 0. The maximum absolute atomic E-state index is 13.6. The number of aliphatic hydroxyl groups is 1. The van der Waals surface area contributed by atoms with Crippen molar-refractivity contribution in [1.82, 2.24) is 18.9 Å². The van der Waals surface area contributed by atoms with E-state index in [2.05, 4.69) is 4.98 Å².